The van der Waals surface area contributed by atoms with Crippen LogP contribution in [0.3, 0.4) is 0 Å². The molecule has 1 aromatic rings. The Morgan fingerprint density at radius 1 is 1.22 bits per heavy atom. The number of rotatable bonds is 6. The highest BCUT2D eigenvalue weighted by molar-refractivity contribution is 5.14. The minimum Gasteiger partial charge on any atom is -0.299 e. The first-order chi connectivity index (χ1) is 11.2. The topological polar surface area (TPSA) is 19.4 Å². The molecule has 0 radical (unpaired) electrons. The lowest BCUT2D eigenvalue weighted by molar-refractivity contribution is 0.131. The number of aromatic nitrogens is 1. The van der Waals surface area contributed by atoms with Crippen molar-refractivity contribution in [3.8, 4) is 0 Å². The first kappa shape index (κ1) is 16.9. The molecular weight excluding hydrogens is 282 g/mol. The van der Waals surface area contributed by atoms with Crippen molar-refractivity contribution < 1.29 is 0 Å². The third-order valence-electron chi connectivity index (χ3n) is 5.47. The molecule has 3 rings (SSSR count). The van der Waals surface area contributed by atoms with Crippen molar-refractivity contribution in [2.75, 3.05) is 26.2 Å². The average molecular weight is 316 g/mol. The monoisotopic (exact) mass is 315 g/mol. The summed E-state index contributed by atoms with van der Waals surface area (Å²) in [6, 6.07) is 5.16. The first-order valence-corrected chi connectivity index (χ1v) is 9.56. The standard InChI is InChI=1S/C20H33N3/c1-4-17-8-9-19(21-12-17)14-22-10-5-11-23(13-18-6-7-18)20(15-22)16(2)3/h8-9,12,16,18,20H,4-7,10-11,13-15H2,1-3H3. The van der Waals surface area contributed by atoms with Crippen molar-refractivity contribution >= 4 is 0 Å². The highest BCUT2D eigenvalue weighted by Gasteiger charge is 2.32. The summed E-state index contributed by atoms with van der Waals surface area (Å²) in [6.45, 7) is 13.0. The molecule has 0 amide bonds. The van der Waals surface area contributed by atoms with E-state index in [2.05, 4.69) is 47.7 Å². The quantitative estimate of drug-likeness (QED) is 0.800. The molecule has 1 saturated heterocycles. The van der Waals surface area contributed by atoms with E-state index in [1.165, 1.54) is 56.7 Å². The van der Waals surface area contributed by atoms with E-state index in [9.17, 15) is 0 Å². The van der Waals surface area contributed by atoms with Gasteiger partial charge in [-0.15, -0.1) is 0 Å². The van der Waals surface area contributed by atoms with Gasteiger partial charge in [-0.05, 0) is 62.2 Å². The molecule has 0 bridgehead atoms. The van der Waals surface area contributed by atoms with Crippen molar-refractivity contribution in [1.82, 2.24) is 14.8 Å². The van der Waals surface area contributed by atoms with Gasteiger partial charge in [-0.2, -0.15) is 0 Å². The normalized spacial score (nSPS) is 24.1. The number of nitrogens with zero attached hydrogens (tertiary/aromatic N) is 3. The predicted molar refractivity (Wildman–Crippen MR) is 96.4 cm³/mol. The second kappa shape index (κ2) is 7.76. The third kappa shape index (κ3) is 4.77. The van der Waals surface area contributed by atoms with Crippen LogP contribution in [0.2, 0.25) is 0 Å². The summed E-state index contributed by atoms with van der Waals surface area (Å²) in [4.78, 5) is 10.1. The van der Waals surface area contributed by atoms with Gasteiger partial charge in [0.15, 0.2) is 0 Å². The lowest BCUT2D eigenvalue weighted by Crippen LogP contribution is -2.45. The summed E-state index contributed by atoms with van der Waals surface area (Å²) in [5.41, 5.74) is 2.56. The molecule has 1 unspecified atom stereocenters. The van der Waals surface area contributed by atoms with Crippen LogP contribution in [0.15, 0.2) is 18.3 Å². The van der Waals surface area contributed by atoms with Crippen LogP contribution >= 0.6 is 0 Å². The van der Waals surface area contributed by atoms with Crippen LogP contribution in [0.4, 0.5) is 0 Å². The van der Waals surface area contributed by atoms with E-state index in [-0.39, 0.29) is 0 Å². The van der Waals surface area contributed by atoms with Gasteiger partial charge >= 0.3 is 0 Å². The maximum Gasteiger partial charge on any atom is 0.0544 e. The van der Waals surface area contributed by atoms with E-state index >= 15 is 0 Å². The minimum atomic E-state index is 0.702. The molecule has 1 aliphatic carbocycles. The van der Waals surface area contributed by atoms with E-state index in [1.54, 1.807) is 0 Å². The molecule has 2 fully saturated rings. The van der Waals surface area contributed by atoms with E-state index in [0.29, 0.717) is 6.04 Å². The molecule has 1 aromatic heterocycles. The molecule has 2 aliphatic rings. The Morgan fingerprint density at radius 2 is 2.04 bits per heavy atom. The van der Waals surface area contributed by atoms with Crippen molar-refractivity contribution in [3.05, 3.63) is 29.6 Å². The lowest BCUT2D eigenvalue weighted by atomic mass is 10.0. The summed E-state index contributed by atoms with van der Waals surface area (Å²) in [5, 5.41) is 0. The second-order valence-corrected chi connectivity index (χ2v) is 7.85. The van der Waals surface area contributed by atoms with Gasteiger partial charge in [-0.3, -0.25) is 14.8 Å². The molecule has 3 heteroatoms. The second-order valence-electron chi connectivity index (χ2n) is 7.85. The zero-order valence-corrected chi connectivity index (χ0v) is 15.2. The summed E-state index contributed by atoms with van der Waals surface area (Å²) in [7, 11) is 0. The Labute approximate surface area is 142 Å². The molecule has 1 atom stereocenters. The maximum atomic E-state index is 4.67. The summed E-state index contributed by atoms with van der Waals surface area (Å²) >= 11 is 0. The zero-order valence-electron chi connectivity index (χ0n) is 15.2. The van der Waals surface area contributed by atoms with E-state index in [4.69, 9.17) is 0 Å². The van der Waals surface area contributed by atoms with Crippen LogP contribution in [0.1, 0.15) is 51.3 Å². The van der Waals surface area contributed by atoms with Crippen LogP contribution in [0.5, 0.6) is 0 Å². The molecule has 0 N–H and O–H groups in total. The van der Waals surface area contributed by atoms with Gasteiger partial charge in [0.1, 0.15) is 0 Å². The Bertz CT molecular complexity index is 478. The summed E-state index contributed by atoms with van der Waals surface area (Å²) in [6.07, 6.45) is 7.33. The fourth-order valence-corrected chi connectivity index (χ4v) is 3.76. The number of hydrogen-bond acceptors (Lipinski definition) is 3. The number of pyridine rings is 1. The minimum absolute atomic E-state index is 0.702. The van der Waals surface area contributed by atoms with E-state index in [0.717, 1.165) is 24.8 Å². The van der Waals surface area contributed by atoms with Gasteiger partial charge < -0.3 is 0 Å². The molecule has 2 heterocycles. The largest absolute Gasteiger partial charge is 0.299 e. The van der Waals surface area contributed by atoms with Gasteiger partial charge in [0.05, 0.1) is 5.69 Å². The summed E-state index contributed by atoms with van der Waals surface area (Å²) in [5.74, 6) is 1.72. The van der Waals surface area contributed by atoms with Crippen LogP contribution in [-0.2, 0) is 13.0 Å². The predicted octanol–water partition coefficient (Wildman–Crippen LogP) is 3.59. The first-order valence-electron chi connectivity index (χ1n) is 9.56. The Hall–Kier alpha value is -0.930. The van der Waals surface area contributed by atoms with Crippen molar-refractivity contribution in [2.24, 2.45) is 11.8 Å². The fourth-order valence-electron chi connectivity index (χ4n) is 3.76. The fraction of sp³-hybridized carbons (Fsp3) is 0.750. The molecule has 1 aliphatic heterocycles. The molecule has 1 saturated carbocycles. The van der Waals surface area contributed by atoms with Gasteiger partial charge in [0.25, 0.3) is 0 Å². The van der Waals surface area contributed by atoms with Gasteiger partial charge in [-0.25, -0.2) is 0 Å². The van der Waals surface area contributed by atoms with Gasteiger partial charge in [-0.1, -0.05) is 26.8 Å². The van der Waals surface area contributed by atoms with E-state index in [1.807, 2.05) is 6.20 Å². The average Bonchev–Trinajstić information content (AvgIpc) is 3.37. The smallest absolute Gasteiger partial charge is 0.0544 e. The van der Waals surface area contributed by atoms with Gasteiger partial charge in [0, 0.05) is 31.9 Å². The Morgan fingerprint density at radius 3 is 2.65 bits per heavy atom. The zero-order chi connectivity index (χ0) is 16.2. The molecular formula is C20H33N3. The van der Waals surface area contributed by atoms with Gasteiger partial charge in [0.2, 0.25) is 0 Å². The third-order valence-corrected chi connectivity index (χ3v) is 5.47. The molecule has 23 heavy (non-hydrogen) atoms. The Balaban J connectivity index is 1.62. The lowest BCUT2D eigenvalue weighted by Gasteiger charge is -2.34. The number of aryl methyl sites for hydroxylation is 1. The number of hydrogen-bond donors (Lipinski definition) is 0. The van der Waals surface area contributed by atoms with E-state index < -0.39 is 0 Å². The van der Waals surface area contributed by atoms with Crippen LogP contribution in [0, 0.1) is 11.8 Å². The van der Waals surface area contributed by atoms with Crippen molar-refractivity contribution in [3.63, 3.8) is 0 Å². The van der Waals surface area contributed by atoms with Crippen LogP contribution < -0.4 is 0 Å². The SMILES string of the molecule is CCc1ccc(CN2CCCN(CC3CC3)C(C(C)C)C2)nc1. The Kier molecular flexibility index (Phi) is 5.71. The molecule has 128 valence electrons. The molecule has 0 spiro atoms. The van der Waals surface area contributed by atoms with Crippen molar-refractivity contribution in [1.29, 1.82) is 0 Å². The highest BCUT2D eigenvalue weighted by Crippen LogP contribution is 2.32. The molecule has 0 aromatic carbocycles. The molecule has 3 nitrogen and oxygen atoms in total. The van der Waals surface area contributed by atoms with Crippen LogP contribution in [0.25, 0.3) is 0 Å². The maximum absolute atomic E-state index is 4.67. The van der Waals surface area contributed by atoms with Crippen LogP contribution in [-0.4, -0.2) is 47.0 Å². The highest BCUT2D eigenvalue weighted by atomic mass is 15.2. The van der Waals surface area contributed by atoms with Crippen molar-refractivity contribution in [2.45, 2.75) is 59.0 Å². The summed E-state index contributed by atoms with van der Waals surface area (Å²) < 4.78 is 0.